The summed E-state index contributed by atoms with van der Waals surface area (Å²) in [5, 5.41) is 14.5. The van der Waals surface area contributed by atoms with Gasteiger partial charge in [-0.3, -0.25) is 14.4 Å². The van der Waals surface area contributed by atoms with E-state index in [0.717, 1.165) is 16.1 Å². The van der Waals surface area contributed by atoms with Crippen LogP contribution in [0, 0.1) is 11.1 Å². The molecule has 38 heavy (non-hydrogen) atoms. The molecule has 0 saturated carbocycles. The van der Waals surface area contributed by atoms with Crippen molar-refractivity contribution in [3.05, 3.63) is 65.0 Å². The fourth-order valence-electron chi connectivity index (χ4n) is 5.23. The molecular weight excluding hydrogens is 508 g/mol. The number of aromatic nitrogens is 1. The van der Waals surface area contributed by atoms with Crippen molar-refractivity contribution in [3.8, 4) is 0 Å². The SMILES string of the molecule is CC(C)CC(NC(=O)c1ccc(C(C)C)cc1)C(=O)N1CCC2C1C(=O)CN2S(=O)(=O)c1cccc[n+]1[O-]. The standard InChI is InChI=1S/C27H34N4O6S/c1-17(2)15-21(28-26(33)20-10-8-19(9-11-20)18(3)4)27(34)29-14-12-22-25(29)23(32)16-31(22)38(36,37)24-7-5-6-13-30(24)35/h5-11,13,17-18,21-22,25H,12,14-16H2,1-4H3,(H,28,33). The molecular formula is C27H34N4O6S. The van der Waals surface area contributed by atoms with Gasteiger partial charge in [0, 0.05) is 24.2 Å². The number of hydrogen-bond acceptors (Lipinski definition) is 6. The first-order valence-electron chi connectivity index (χ1n) is 12.9. The van der Waals surface area contributed by atoms with Crippen LogP contribution in [0.5, 0.6) is 0 Å². The molecule has 2 aromatic rings. The fraction of sp³-hybridized carbons (Fsp3) is 0.481. The number of rotatable bonds is 8. The third-order valence-corrected chi connectivity index (χ3v) is 9.03. The van der Waals surface area contributed by atoms with Crippen LogP contribution in [0.25, 0.3) is 0 Å². The number of pyridine rings is 1. The summed E-state index contributed by atoms with van der Waals surface area (Å²) in [5.74, 6) is -0.812. The first-order chi connectivity index (χ1) is 17.9. The summed E-state index contributed by atoms with van der Waals surface area (Å²) in [5.41, 5.74) is 1.52. The molecule has 3 heterocycles. The third kappa shape index (κ3) is 5.30. The van der Waals surface area contributed by atoms with E-state index >= 15 is 0 Å². The maximum atomic E-state index is 13.7. The van der Waals surface area contributed by atoms with Crippen LogP contribution in [0.15, 0.2) is 53.7 Å². The number of sulfonamides is 1. The lowest BCUT2D eigenvalue weighted by molar-refractivity contribution is -0.646. The van der Waals surface area contributed by atoms with E-state index in [1.54, 1.807) is 12.1 Å². The maximum absolute atomic E-state index is 13.7. The maximum Gasteiger partial charge on any atom is 0.323 e. The fourth-order valence-corrected chi connectivity index (χ4v) is 6.88. The Bertz CT molecular complexity index is 1330. The van der Waals surface area contributed by atoms with Crippen LogP contribution in [-0.2, 0) is 19.6 Å². The molecule has 2 amide bonds. The van der Waals surface area contributed by atoms with Gasteiger partial charge in [0.05, 0.1) is 12.6 Å². The van der Waals surface area contributed by atoms with Crippen molar-refractivity contribution in [1.82, 2.24) is 14.5 Å². The van der Waals surface area contributed by atoms with Crippen molar-refractivity contribution in [2.75, 3.05) is 13.1 Å². The Morgan fingerprint density at radius 2 is 1.79 bits per heavy atom. The predicted octanol–water partition coefficient (Wildman–Crippen LogP) is 1.83. The molecule has 2 aliphatic heterocycles. The highest BCUT2D eigenvalue weighted by atomic mass is 32.2. The minimum absolute atomic E-state index is 0.0766. The normalized spacial score (nSPS) is 20.7. The Hall–Kier alpha value is -3.31. The van der Waals surface area contributed by atoms with Crippen molar-refractivity contribution >= 4 is 27.6 Å². The summed E-state index contributed by atoms with van der Waals surface area (Å²) in [6.45, 7) is 7.74. The van der Waals surface area contributed by atoms with Gasteiger partial charge >= 0.3 is 15.0 Å². The zero-order chi connectivity index (χ0) is 27.8. The molecule has 10 nitrogen and oxygen atoms in total. The van der Waals surface area contributed by atoms with E-state index in [-0.39, 0.29) is 29.5 Å². The molecule has 0 bridgehead atoms. The van der Waals surface area contributed by atoms with Crippen LogP contribution in [0.1, 0.15) is 62.4 Å². The molecule has 2 fully saturated rings. The Morgan fingerprint density at radius 1 is 1.11 bits per heavy atom. The molecule has 1 N–H and O–H groups in total. The van der Waals surface area contributed by atoms with Crippen LogP contribution >= 0.6 is 0 Å². The molecule has 0 aliphatic carbocycles. The van der Waals surface area contributed by atoms with Gasteiger partial charge in [-0.1, -0.05) is 39.8 Å². The second-order valence-electron chi connectivity index (χ2n) is 10.6. The second kappa shape index (κ2) is 10.8. The number of nitrogens with one attached hydrogen (secondary N) is 1. The number of Topliss-reactive ketones (excluding diaryl/α,β-unsaturated/α-hetero) is 1. The van der Waals surface area contributed by atoms with Crippen molar-refractivity contribution in [2.45, 2.75) is 69.6 Å². The van der Waals surface area contributed by atoms with Crippen LogP contribution in [0.4, 0.5) is 0 Å². The first kappa shape index (κ1) is 27.7. The molecule has 2 aliphatic rings. The Balaban J connectivity index is 1.54. The van der Waals surface area contributed by atoms with E-state index in [1.807, 2.05) is 26.0 Å². The number of fused-ring (bicyclic) bond motifs is 1. The number of carbonyl (C=O) groups is 3. The molecule has 2 saturated heterocycles. The minimum atomic E-state index is -4.25. The van der Waals surface area contributed by atoms with E-state index in [0.29, 0.717) is 17.9 Å². The van der Waals surface area contributed by atoms with E-state index in [1.165, 1.54) is 23.1 Å². The number of likely N-dealkylation sites (tertiary alicyclic amines) is 1. The van der Waals surface area contributed by atoms with Gasteiger partial charge in [-0.05, 0) is 48.4 Å². The molecule has 11 heteroatoms. The van der Waals surface area contributed by atoms with Crippen molar-refractivity contribution in [1.29, 1.82) is 0 Å². The minimum Gasteiger partial charge on any atom is -0.618 e. The van der Waals surface area contributed by atoms with Gasteiger partial charge in [0.15, 0.2) is 12.0 Å². The summed E-state index contributed by atoms with van der Waals surface area (Å²) in [6.07, 6.45) is 1.70. The van der Waals surface area contributed by atoms with Crippen LogP contribution in [-0.4, -0.2) is 66.4 Å². The number of benzene rings is 1. The average Bonchev–Trinajstić information content (AvgIpc) is 3.44. The number of amides is 2. The van der Waals surface area contributed by atoms with Gasteiger partial charge in [-0.15, -0.1) is 0 Å². The largest absolute Gasteiger partial charge is 0.618 e. The van der Waals surface area contributed by atoms with Crippen LogP contribution in [0.2, 0.25) is 0 Å². The second-order valence-corrected chi connectivity index (χ2v) is 12.5. The van der Waals surface area contributed by atoms with Crippen LogP contribution in [0.3, 0.4) is 0 Å². The molecule has 204 valence electrons. The van der Waals surface area contributed by atoms with E-state index < -0.39 is 51.4 Å². The first-order valence-corrected chi connectivity index (χ1v) is 14.3. The molecule has 1 aromatic carbocycles. The monoisotopic (exact) mass is 542 g/mol. The molecule has 4 rings (SSSR count). The van der Waals surface area contributed by atoms with Crippen molar-refractivity contribution in [2.24, 2.45) is 5.92 Å². The Kier molecular flexibility index (Phi) is 7.89. The zero-order valence-corrected chi connectivity index (χ0v) is 22.8. The Morgan fingerprint density at radius 3 is 2.39 bits per heavy atom. The summed E-state index contributed by atoms with van der Waals surface area (Å²) >= 11 is 0. The van der Waals surface area contributed by atoms with Gasteiger partial charge in [0.2, 0.25) is 5.91 Å². The quantitative estimate of drug-likeness (QED) is 0.400. The average molecular weight is 543 g/mol. The van der Waals surface area contributed by atoms with Gasteiger partial charge in [-0.2, -0.15) is 9.04 Å². The Labute approximate surface area is 223 Å². The predicted molar refractivity (Wildman–Crippen MR) is 139 cm³/mol. The van der Waals surface area contributed by atoms with Gasteiger partial charge < -0.3 is 15.4 Å². The van der Waals surface area contributed by atoms with Crippen LogP contribution < -0.4 is 10.0 Å². The molecule has 3 unspecified atom stereocenters. The molecule has 3 atom stereocenters. The van der Waals surface area contributed by atoms with Gasteiger partial charge in [0.25, 0.3) is 5.91 Å². The van der Waals surface area contributed by atoms with E-state index in [4.69, 9.17) is 0 Å². The molecule has 1 aromatic heterocycles. The summed E-state index contributed by atoms with van der Waals surface area (Å²) in [4.78, 5) is 41.2. The number of nitrogens with zero attached hydrogens (tertiary/aromatic N) is 3. The van der Waals surface area contributed by atoms with Gasteiger partial charge in [-0.25, -0.2) is 8.42 Å². The summed E-state index contributed by atoms with van der Waals surface area (Å²) < 4.78 is 27.8. The lowest BCUT2D eigenvalue weighted by atomic mass is 10.00. The lowest BCUT2D eigenvalue weighted by Crippen LogP contribution is -2.53. The van der Waals surface area contributed by atoms with E-state index in [9.17, 15) is 28.0 Å². The highest BCUT2D eigenvalue weighted by molar-refractivity contribution is 7.89. The topological polar surface area (TPSA) is 131 Å². The molecule has 0 spiro atoms. The van der Waals surface area contributed by atoms with Crippen molar-refractivity contribution in [3.63, 3.8) is 0 Å². The highest BCUT2D eigenvalue weighted by Gasteiger charge is 2.55. The smallest absolute Gasteiger partial charge is 0.323 e. The number of ketones is 1. The number of carbonyl (C=O) groups excluding carboxylic acids is 3. The summed E-state index contributed by atoms with van der Waals surface area (Å²) in [7, 11) is -4.25. The van der Waals surface area contributed by atoms with Gasteiger partial charge in [0.1, 0.15) is 12.1 Å². The van der Waals surface area contributed by atoms with E-state index in [2.05, 4.69) is 19.2 Å². The zero-order valence-electron chi connectivity index (χ0n) is 22.0. The summed E-state index contributed by atoms with van der Waals surface area (Å²) in [6, 6.07) is 8.67. The lowest BCUT2D eigenvalue weighted by Gasteiger charge is -2.29. The number of hydrogen-bond donors (Lipinski definition) is 1. The highest BCUT2D eigenvalue weighted by Crippen LogP contribution is 2.34. The van der Waals surface area contributed by atoms with Crippen molar-refractivity contribution < 1.29 is 27.5 Å². The molecule has 0 radical (unpaired) electrons. The third-order valence-electron chi connectivity index (χ3n) is 7.17.